The van der Waals surface area contributed by atoms with E-state index in [1.165, 1.54) is 10.4 Å². The van der Waals surface area contributed by atoms with Crippen LogP contribution >= 0.6 is 23.2 Å². The van der Waals surface area contributed by atoms with Gasteiger partial charge in [-0.25, -0.2) is 12.7 Å². The Morgan fingerprint density at radius 1 is 1.03 bits per heavy atom. The van der Waals surface area contributed by atoms with Crippen LogP contribution in [0.5, 0.6) is 0 Å². The predicted molar refractivity (Wildman–Crippen MR) is 126 cm³/mol. The van der Waals surface area contributed by atoms with Gasteiger partial charge in [0, 0.05) is 28.8 Å². The quantitative estimate of drug-likeness (QED) is 0.541. The maximum atomic E-state index is 13.0. The van der Waals surface area contributed by atoms with Crippen molar-refractivity contribution in [3.8, 4) is 0 Å². The second-order valence-electron chi connectivity index (χ2n) is 7.74. The van der Waals surface area contributed by atoms with E-state index in [1.54, 1.807) is 12.1 Å². The van der Waals surface area contributed by atoms with E-state index in [9.17, 15) is 13.2 Å². The number of nitrogens with one attached hydrogen (secondary N) is 1. The van der Waals surface area contributed by atoms with Crippen molar-refractivity contribution in [1.82, 2.24) is 4.31 Å². The Balaban J connectivity index is 1.44. The highest BCUT2D eigenvalue weighted by atomic mass is 35.5. The number of rotatable bonds is 5. The van der Waals surface area contributed by atoms with Gasteiger partial charge in [-0.2, -0.15) is 0 Å². The molecule has 1 heterocycles. The third-order valence-electron chi connectivity index (χ3n) is 5.52. The molecule has 1 fully saturated rings. The molecule has 1 N–H and O–H groups in total. The highest BCUT2D eigenvalue weighted by Gasteiger charge is 2.32. The topological polar surface area (TPSA) is 66.5 Å². The van der Waals surface area contributed by atoms with Gasteiger partial charge in [-0.05, 0) is 53.4 Å². The van der Waals surface area contributed by atoms with Crippen LogP contribution in [0.3, 0.4) is 0 Å². The third kappa shape index (κ3) is 5.21. The minimum Gasteiger partial charge on any atom is -0.326 e. The standard InChI is InChI=1S/C23H22Cl2N2O3S/c24-20-9-7-19(22(25)13-20)15-31(29,30)27-11-3-6-18(14-27)23(28)26-21-10-8-16-4-1-2-5-17(16)12-21/h1-2,4-5,7-10,12-13,18H,3,6,11,14-15H2,(H,26,28). The zero-order chi connectivity index (χ0) is 22.0. The zero-order valence-corrected chi connectivity index (χ0v) is 19.1. The van der Waals surface area contributed by atoms with Gasteiger partial charge in [0.15, 0.2) is 0 Å². The van der Waals surface area contributed by atoms with Crippen LogP contribution in [0.15, 0.2) is 60.7 Å². The number of benzene rings is 3. The van der Waals surface area contributed by atoms with E-state index in [2.05, 4.69) is 5.32 Å². The highest BCUT2D eigenvalue weighted by Crippen LogP contribution is 2.27. The predicted octanol–water partition coefficient (Wildman–Crippen LogP) is 5.33. The molecule has 162 valence electrons. The SMILES string of the molecule is O=C(Nc1ccc2ccccc2c1)C1CCCN(S(=O)(=O)Cc2ccc(Cl)cc2Cl)C1. The molecule has 1 aliphatic rings. The lowest BCUT2D eigenvalue weighted by atomic mass is 9.98. The van der Waals surface area contributed by atoms with Crippen molar-refractivity contribution in [2.45, 2.75) is 18.6 Å². The van der Waals surface area contributed by atoms with Crippen LogP contribution in [0.4, 0.5) is 5.69 Å². The molecular formula is C23H22Cl2N2O3S. The summed E-state index contributed by atoms with van der Waals surface area (Å²) in [6.45, 7) is 0.556. The molecule has 1 aliphatic heterocycles. The molecule has 31 heavy (non-hydrogen) atoms. The van der Waals surface area contributed by atoms with E-state index in [1.807, 2.05) is 42.5 Å². The summed E-state index contributed by atoms with van der Waals surface area (Å²) in [6, 6.07) is 18.4. The van der Waals surface area contributed by atoms with E-state index in [0.717, 1.165) is 10.8 Å². The van der Waals surface area contributed by atoms with Gasteiger partial charge >= 0.3 is 0 Å². The molecule has 0 aliphatic carbocycles. The number of hydrogen-bond donors (Lipinski definition) is 1. The molecule has 0 radical (unpaired) electrons. The summed E-state index contributed by atoms with van der Waals surface area (Å²) >= 11 is 12.1. The first-order chi connectivity index (χ1) is 14.8. The first kappa shape index (κ1) is 22.1. The minimum absolute atomic E-state index is 0.160. The number of carbonyl (C=O) groups excluding carboxylic acids is 1. The number of halogens is 2. The molecule has 0 aromatic heterocycles. The van der Waals surface area contributed by atoms with Gasteiger partial charge in [-0.1, -0.05) is 59.6 Å². The lowest BCUT2D eigenvalue weighted by Crippen LogP contribution is -2.44. The number of hydrogen-bond acceptors (Lipinski definition) is 3. The summed E-state index contributed by atoms with van der Waals surface area (Å²) in [7, 11) is -3.61. The summed E-state index contributed by atoms with van der Waals surface area (Å²) in [5.41, 5.74) is 1.20. The number of anilines is 1. The Kier molecular flexibility index (Phi) is 6.53. The number of amides is 1. The van der Waals surface area contributed by atoms with Crippen molar-refractivity contribution >= 4 is 55.6 Å². The Bertz CT molecular complexity index is 1230. The average molecular weight is 477 g/mol. The van der Waals surface area contributed by atoms with E-state index in [4.69, 9.17) is 23.2 Å². The smallest absolute Gasteiger partial charge is 0.228 e. The van der Waals surface area contributed by atoms with E-state index in [0.29, 0.717) is 40.7 Å². The molecule has 8 heteroatoms. The largest absolute Gasteiger partial charge is 0.326 e. The average Bonchev–Trinajstić information content (AvgIpc) is 2.76. The van der Waals surface area contributed by atoms with Crippen molar-refractivity contribution in [3.63, 3.8) is 0 Å². The zero-order valence-electron chi connectivity index (χ0n) is 16.7. The van der Waals surface area contributed by atoms with Crippen LogP contribution in [-0.2, 0) is 20.6 Å². The fourth-order valence-corrected chi connectivity index (χ4v) is 6.04. The van der Waals surface area contributed by atoms with Crippen molar-refractivity contribution < 1.29 is 13.2 Å². The van der Waals surface area contributed by atoms with Crippen LogP contribution in [0.1, 0.15) is 18.4 Å². The van der Waals surface area contributed by atoms with Crippen LogP contribution in [-0.4, -0.2) is 31.7 Å². The third-order valence-corrected chi connectivity index (χ3v) is 7.90. The molecule has 3 aromatic carbocycles. The molecule has 4 rings (SSSR count). The number of carbonyl (C=O) groups is 1. The monoisotopic (exact) mass is 476 g/mol. The second-order valence-corrected chi connectivity index (χ2v) is 10.6. The molecule has 1 atom stereocenters. The van der Waals surface area contributed by atoms with Crippen LogP contribution < -0.4 is 5.32 Å². The van der Waals surface area contributed by atoms with Gasteiger partial charge in [0.2, 0.25) is 15.9 Å². The van der Waals surface area contributed by atoms with Crippen LogP contribution in [0.2, 0.25) is 10.0 Å². The minimum atomic E-state index is -3.61. The number of nitrogens with zero attached hydrogens (tertiary/aromatic N) is 1. The van der Waals surface area contributed by atoms with Gasteiger partial charge in [0.05, 0.1) is 11.7 Å². The normalized spacial score (nSPS) is 17.5. The molecule has 0 spiro atoms. The van der Waals surface area contributed by atoms with E-state index in [-0.39, 0.29) is 18.2 Å². The maximum absolute atomic E-state index is 13.0. The van der Waals surface area contributed by atoms with E-state index < -0.39 is 15.9 Å². The molecule has 0 saturated carbocycles. The van der Waals surface area contributed by atoms with Gasteiger partial charge < -0.3 is 5.32 Å². The lowest BCUT2D eigenvalue weighted by Gasteiger charge is -2.31. The number of piperidine rings is 1. The molecular weight excluding hydrogens is 455 g/mol. The van der Waals surface area contributed by atoms with Gasteiger partial charge in [-0.3, -0.25) is 4.79 Å². The van der Waals surface area contributed by atoms with Crippen molar-refractivity contribution in [2.24, 2.45) is 5.92 Å². The Hall–Kier alpha value is -2.12. The molecule has 1 saturated heterocycles. The summed E-state index contributed by atoms with van der Waals surface area (Å²) in [5.74, 6) is -0.794. The molecule has 1 amide bonds. The number of sulfonamides is 1. The lowest BCUT2D eigenvalue weighted by molar-refractivity contribution is -0.120. The fraction of sp³-hybridized carbons (Fsp3) is 0.261. The summed E-state index contributed by atoms with van der Waals surface area (Å²) < 4.78 is 27.3. The van der Waals surface area contributed by atoms with E-state index >= 15 is 0 Å². The van der Waals surface area contributed by atoms with Crippen molar-refractivity contribution in [1.29, 1.82) is 0 Å². The first-order valence-corrected chi connectivity index (χ1v) is 12.4. The molecule has 3 aromatic rings. The first-order valence-electron chi connectivity index (χ1n) is 10.0. The van der Waals surface area contributed by atoms with Gasteiger partial charge in [0.25, 0.3) is 0 Å². The van der Waals surface area contributed by atoms with Crippen molar-refractivity contribution in [3.05, 3.63) is 76.3 Å². The second kappa shape index (κ2) is 9.17. The Morgan fingerprint density at radius 3 is 2.58 bits per heavy atom. The van der Waals surface area contributed by atoms with Crippen LogP contribution in [0.25, 0.3) is 10.8 Å². The van der Waals surface area contributed by atoms with Gasteiger partial charge in [-0.15, -0.1) is 0 Å². The Morgan fingerprint density at radius 2 is 1.81 bits per heavy atom. The fourth-order valence-electron chi connectivity index (χ4n) is 3.85. The summed E-state index contributed by atoms with van der Waals surface area (Å²) in [4.78, 5) is 12.9. The van der Waals surface area contributed by atoms with Crippen molar-refractivity contribution in [2.75, 3.05) is 18.4 Å². The van der Waals surface area contributed by atoms with Gasteiger partial charge in [0.1, 0.15) is 0 Å². The summed E-state index contributed by atoms with van der Waals surface area (Å²) in [6.07, 6.45) is 1.27. The molecule has 0 bridgehead atoms. The molecule has 5 nitrogen and oxygen atoms in total. The highest BCUT2D eigenvalue weighted by molar-refractivity contribution is 7.88. The Labute approximate surface area is 192 Å². The summed E-state index contributed by atoms with van der Waals surface area (Å²) in [5, 5.41) is 5.85. The van der Waals surface area contributed by atoms with Crippen LogP contribution in [0, 0.1) is 5.92 Å². The molecule has 1 unspecified atom stereocenters. The maximum Gasteiger partial charge on any atom is 0.228 e. The number of fused-ring (bicyclic) bond motifs is 1.